The molecular formula is C24H28FN3O2. The van der Waals surface area contributed by atoms with E-state index in [1.54, 1.807) is 4.90 Å². The van der Waals surface area contributed by atoms with Gasteiger partial charge in [0.05, 0.1) is 12.0 Å². The lowest BCUT2D eigenvalue weighted by molar-refractivity contribution is -0.142. The number of halogens is 1. The average Bonchev–Trinajstić information content (AvgIpc) is 2.79. The highest BCUT2D eigenvalue weighted by molar-refractivity contribution is 5.94. The van der Waals surface area contributed by atoms with E-state index in [1.165, 1.54) is 24.3 Å². The fourth-order valence-electron chi connectivity index (χ4n) is 4.52. The van der Waals surface area contributed by atoms with Gasteiger partial charge in [0.2, 0.25) is 5.91 Å². The Labute approximate surface area is 177 Å². The number of carbonyl (C=O) groups is 2. The molecule has 0 saturated carbocycles. The van der Waals surface area contributed by atoms with Gasteiger partial charge in [0, 0.05) is 38.3 Å². The molecule has 2 amide bonds. The average molecular weight is 410 g/mol. The van der Waals surface area contributed by atoms with Gasteiger partial charge in [-0.2, -0.15) is 0 Å². The van der Waals surface area contributed by atoms with Crippen LogP contribution in [0.3, 0.4) is 0 Å². The second kappa shape index (κ2) is 8.96. The molecule has 2 aromatic rings. The number of benzene rings is 2. The standard InChI is InChI=1S/C24H28FN3O2/c1-26-14-15-28(22(17-26)18-6-3-2-4-7-18)24(30)20-8-5-13-27(16-20)23(29)19-9-11-21(25)12-10-19/h2-4,6-7,9-12,20,22H,5,8,13-17H2,1H3. The van der Waals surface area contributed by atoms with E-state index in [-0.39, 0.29) is 29.6 Å². The molecule has 0 bridgehead atoms. The molecule has 2 fully saturated rings. The minimum absolute atomic E-state index is 0.0284. The van der Waals surface area contributed by atoms with Crippen LogP contribution in [0.4, 0.5) is 4.39 Å². The zero-order chi connectivity index (χ0) is 21.1. The van der Waals surface area contributed by atoms with Gasteiger partial charge in [-0.25, -0.2) is 4.39 Å². The Bertz CT molecular complexity index is 887. The topological polar surface area (TPSA) is 43.9 Å². The molecule has 2 atom stereocenters. The van der Waals surface area contributed by atoms with E-state index < -0.39 is 0 Å². The highest BCUT2D eigenvalue weighted by Gasteiger charge is 2.36. The zero-order valence-corrected chi connectivity index (χ0v) is 17.3. The van der Waals surface area contributed by atoms with Crippen molar-refractivity contribution in [2.45, 2.75) is 18.9 Å². The van der Waals surface area contributed by atoms with Gasteiger partial charge >= 0.3 is 0 Å². The van der Waals surface area contributed by atoms with Gasteiger partial charge in [-0.15, -0.1) is 0 Å². The van der Waals surface area contributed by atoms with Crippen molar-refractivity contribution in [3.05, 3.63) is 71.5 Å². The van der Waals surface area contributed by atoms with Crippen LogP contribution in [-0.2, 0) is 4.79 Å². The van der Waals surface area contributed by atoms with E-state index >= 15 is 0 Å². The number of hydrogen-bond donors (Lipinski definition) is 0. The van der Waals surface area contributed by atoms with Crippen molar-refractivity contribution in [2.75, 3.05) is 39.8 Å². The van der Waals surface area contributed by atoms with E-state index in [0.717, 1.165) is 31.5 Å². The van der Waals surface area contributed by atoms with E-state index in [1.807, 2.05) is 23.1 Å². The molecule has 2 aromatic carbocycles. The normalized spacial score (nSPS) is 22.7. The maximum Gasteiger partial charge on any atom is 0.253 e. The number of rotatable bonds is 3. The zero-order valence-electron chi connectivity index (χ0n) is 17.3. The predicted octanol–water partition coefficient (Wildman–Crippen LogP) is 3.19. The van der Waals surface area contributed by atoms with E-state index in [2.05, 4.69) is 24.1 Å². The molecule has 4 rings (SSSR count). The van der Waals surface area contributed by atoms with Crippen molar-refractivity contribution < 1.29 is 14.0 Å². The van der Waals surface area contributed by atoms with Crippen molar-refractivity contribution in [1.29, 1.82) is 0 Å². The molecule has 2 aliphatic heterocycles. The Hall–Kier alpha value is -2.73. The summed E-state index contributed by atoms with van der Waals surface area (Å²) in [6.07, 6.45) is 1.59. The van der Waals surface area contributed by atoms with E-state index in [0.29, 0.717) is 25.2 Å². The molecule has 2 unspecified atom stereocenters. The number of piperazine rings is 1. The van der Waals surface area contributed by atoms with Crippen molar-refractivity contribution >= 4 is 11.8 Å². The quantitative estimate of drug-likeness (QED) is 0.782. The van der Waals surface area contributed by atoms with E-state index in [4.69, 9.17) is 0 Å². The molecule has 0 N–H and O–H groups in total. The van der Waals surface area contributed by atoms with Gasteiger partial charge in [0.1, 0.15) is 5.82 Å². The molecule has 5 nitrogen and oxygen atoms in total. The summed E-state index contributed by atoms with van der Waals surface area (Å²) >= 11 is 0. The number of carbonyl (C=O) groups excluding carboxylic acids is 2. The molecule has 158 valence electrons. The maximum atomic E-state index is 13.5. The number of amides is 2. The second-order valence-electron chi connectivity index (χ2n) is 8.32. The van der Waals surface area contributed by atoms with Gasteiger partial charge < -0.3 is 14.7 Å². The Morgan fingerprint density at radius 3 is 2.40 bits per heavy atom. The molecule has 0 aliphatic carbocycles. The third-order valence-corrected chi connectivity index (χ3v) is 6.20. The third-order valence-electron chi connectivity index (χ3n) is 6.20. The van der Waals surface area contributed by atoms with E-state index in [9.17, 15) is 14.0 Å². The van der Waals surface area contributed by atoms with Crippen molar-refractivity contribution in [3.8, 4) is 0 Å². The summed E-state index contributed by atoms with van der Waals surface area (Å²) in [6, 6.07) is 15.8. The molecule has 2 saturated heterocycles. The van der Waals surface area contributed by atoms with Crippen LogP contribution in [0.1, 0.15) is 34.8 Å². The van der Waals surface area contributed by atoms with Crippen LogP contribution in [0.25, 0.3) is 0 Å². The summed E-state index contributed by atoms with van der Waals surface area (Å²) < 4.78 is 13.2. The van der Waals surface area contributed by atoms with Gasteiger partial charge in [0.15, 0.2) is 0 Å². The monoisotopic (exact) mass is 409 g/mol. The summed E-state index contributed by atoms with van der Waals surface area (Å²) in [5.74, 6) is -0.558. The lowest BCUT2D eigenvalue weighted by Gasteiger charge is -2.43. The van der Waals surface area contributed by atoms with Crippen LogP contribution in [0, 0.1) is 11.7 Å². The summed E-state index contributed by atoms with van der Waals surface area (Å²) in [5.41, 5.74) is 1.61. The number of piperidine rings is 1. The first-order valence-electron chi connectivity index (χ1n) is 10.6. The SMILES string of the molecule is CN1CCN(C(=O)C2CCCN(C(=O)c3ccc(F)cc3)C2)C(c2ccccc2)C1. The predicted molar refractivity (Wildman–Crippen MR) is 113 cm³/mol. The molecule has 30 heavy (non-hydrogen) atoms. The first-order valence-corrected chi connectivity index (χ1v) is 10.6. The Balaban J connectivity index is 1.49. The maximum absolute atomic E-state index is 13.5. The molecule has 0 radical (unpaired) electrons. The number of likely N-dealkylation sites (N-methyl/N-ethyl adjacent to an activating group) is 1. The van der Waals surface area contributed by atoms with Gasteiger partial charge in [0.25, 0.3) is 5.91 Å². The molecular weight excluding hydrogens is 381 g/mol. The number of hydrogen-bond acceptors (Lipinski definition) is 3. The van der Waals surface area contributed by atoms with Crippen LogP contribution in [-0.4, -0.2) is 66.3 Å². The number of nitrogens with zero attached hydrogens (tertiary/aromatic N) is 3. The molecule has 0 spiro atoms. The summed E-state index contributed by atoms with van der Waals surface area (Å²) in [7, 11) is 2.08. The van der Waals surface area contributed by atoms with Gasteiger partial charge in [-0.1, -0.05) is 30.3 Å². The highest BCUT2D eigenvalue weighted by Crippen LogP contribution is 2.29. The lowest BCUT2D eigenvalue weighted by Crippen LogP contribution is -2.53. The second-order valence-corrected chi connectivity index (χ2v) is 8.32. The molecule has 6 heteroatoms. The van der Waals surface area contributed by atoms with Crippen LogP contribution < -0.4 is 0 Å². The molecule has 0 aromatic heterocycles. The number of likely N-dealkylation sites (tertiary alicyclic amines) is 1. The van der Waals surface area contributed by atoms with Gasteiger partial charge in [-0.3, -0.25) is 9.59 Å². The minimum Gasteiger partial charge on any atom is -0.338 e. The van der Waals surface area contributed by atoms with Gasteiger partial charge in [-0.05, 0) is 49.7 Å². The lowest BCUT2D eigenvalue weighted by atomic mass is 9.93. The highest BCUT2D eigenvalue weighted by atomic mass is 19.1. The van der Waals surface area contributed by atoms with Crippen LogP contribution >= 0.6 is 0 Å². The van der Waals surface area contributed by atoms with Crippen LogP contribution in [0.2, 0.25) is 0 Å². The fraction of sp³-hybridized carbons (Fsp3) is 0.417. The largest absolute Gasteiger partial charge is 0.338 e. The van der Waals surface area contributed by atoms with Crippen molar-refractivity contribution in [2.24, 2.45) is 5.92 Å². The van der Waals surface area contributed by atoms with Crippen molar-refractivity contribution in [1.82, 2.24) is 14.7 Å². The summed E-state index contributed by atoms with van der Waals surface area (Å²) in [5, 5.41) is 0. The summed E-state index contributed by atoms with van der Waals surface area (Å²) in [6.45, 7) is 3.39. The van der Waals surface area contributed by atoms with Crippen molar-refractivity contribution in [3.63, 3.8) is 0 Å². The Morgan fingerprint density at radius 2 is 1.67 bits per heavy atom. The Kier molecular flexibility index (Phi) is 6.13. The molecule has 2 aliphatic rings. The fourth-order valence-corrected chi connectivity index (χ4v) is 4.52. The minimum atomic E-state index is -0.361. The first kappa shape index (κ1) is 20.5. The van der Waals surface area contributed by atoms with Crippen LogP contribution in [0.5, 0.6) is 0 Å². The smallest absolute Gasteiger partial charge is 0.253 e. The summed E-state index contributed by atoms with van der Waals surface area (Å²) in [4.78, 5) is 32.4. The first-order chi connectivity index (χ1) is 14.5. The molecule has 2 heterocycles. The Morgan fingerprint density at radius 1 is 0.933 bits per heavy atom. The third kappa shape index (κ3) is 4.38. The van der Waals surface area contributed by atoms with Crippen LogP contribution in [0.15, 0.2) is 54.6 Å².